The van der Waals surface area contributed by atoms with Crippen LogP contribution in [0.3, 0.4) is 0 Å². The van der Waals surface area contributed by atoms with E-state index in [-0.39, 0.29) is 0 Å². The summed E-state index contributed by atoms with van der Waals surface area (Å²) in [6, 6.07) is 10.7. The molecule has 2 fully saturated rings. The lowest BCUT2D eigenvalue weighted by Gasteiger charge is -2.28. The van der Waals surface area contributed by atoms with Gasteiger partial charge in [0.15, 0.2) is 0 Å². The van der Waals surface area contributed by atoms with Gasteiger partial charge in [0.2, 0.25) is 5.91 Å². The van der Waals surface area contributed by atoms with Crippen LogP contribution in [0.4, 0.5) is 0 Å². The molecule has 0 aromatic heterocycles. The van der Waals surface area contributed by atoms with Crippen molar-refractivity contribution in [2.24, 2.45) is 5.92 Å². The number of amides is 1. The Hall–Kier alpha value is -1.35. The Morgan fingerprint density at radius 3 is 2.45 bits per heavy atom. The Morgan fingerprint density at radius 1 is 0.909 bits per heavy atom. The van der Waals surface area contributed by atoms with E-state index in [1.54, 1.807) is 0 Å². The Bertz CT molecular complexity index is 468. The molecule has 1 saturated heterocycles. The van der Waals surface area contributed by atoms with Gasteiger partial charge in [-0.05, 0) is 24.8 Å². The fourth-order valence-corrected chi connectivity index (χ4v) is 3.80. The summed E-state index contributed by atoms with van der Waals surface area (Å²) in [5.41, 5.74) is 1.37. The Balaban J connectivity index is 1.52. The summed E-state index contributed by atoms with van der Waals surface area (Å²) in [4.78, 5) is 17.3. The van der Waals surface area contributed by atoms with Crippen molar-refractivity contribution >= 4 is 5.91 Å². The molecule has 1 aliphatic heterocycles. The molecule has 120 valence electrons. The first kappa shape index (κ1) is 15.5. The average molecular weight is 300 g/mol. The summed E-state index contributed by atoms with van der Waals surface area (Å²) >= 11 is 0. The molecule has 1 amide bonds. The number of hydrogen-bond donors (Lipinski definition) is 0. The van der Waals surface area contributed by atoms with Crippen LogP contribution >= 0.6 is 0 Å². The maximum Gasteiger partial charge on any atom is 0.225 e. The number of carbonyl (C=O) groups is 1. The molecule has 1 aliphatic carbocycles. The summed E-state index contributed by atoms with van der Waals surface area (Å²) in [6.45, 7) is 4.96. The minimum absolute atomic E-state index is 0.314. The zero-order valence-corrected chi connectivity index (χ0v) is 13.5. The molecular formula is C19H28N2O. The lowest BCUT2D eigenvalue weighted by molar-refractivity contribution is -0.136. The van der Waals surface area contributed by atoms with Crippen LogP contribution in [0.5, 0.6) is 0 Å². The molecule has 1 aromatic carbocycles. The van der Waals surface area contributed by atoms with Gasteiger partial charge in [-0.2, -0.15) is 0 Å². The van der Waals surface area contributed by atoms with E-state index >= 15 is 0 Å². The van der Waals surface area contributed by atoms with Gasteiger partial charge >= 0.3 is 0 Å². The summed E-state index contributed by atoms with van der Waals surface area (Å²) in [7, 11) is 0. The van der Waals surface area contributed by atoms with Crippen molar-refractivity contribution < 1.29 is 4.79 Å². The van der Waals surface area contributed by atoms with Crippen molar-refractivity contribution in [3.63, 3.8) is 0 Å². The van der Waals surface area contributed by atoms with Crippen LogP contribution < -0.4 is 0 Å². The molecule has 22 heavy (non-hydrogen) atoms. The summed E-state index contributed by atoms with van der Waals surface area (Å²) in [5, 5.41) is 0. The number of benzene rings is 1. The van der Waals surface area contributed by atoms with Crippen molar-refractivity contribution in [3.8, 4) is 0 Å². The van der Waals surface area contributed by atoms with Gasteiger partial charge < -0.3 is 4.90 Å². The molecule has 1 aromatic rings. The second-order valence-corrected chi connectivity index (χ2v) is 6.78. The minimum Gasteiger partial charge on any atom is -0.341 e. The monoisotopic (exact) mass is 300 g/mol. The van der Waals surface area contributed by atoms with E-state index in [1.165, 1.54) is 24.8 Å². The second-order valence-electron chi connectivity index (χ2n) is 6.78. The van der Waals surface area contributed by atoms with E-state index < -0.39 is 0 Å². The highest BCUT2D eigenvalue weighted by Gasteiger charge is 2.27. The predicted molar refractivity (Wildman–Crippen MR) is 89.5 cm³/mol. The quantitative estimate of drug-likeness (QED) is 0.855. The molecule has 2 aliphatic rings. The van der Waals surface area contributed by atoms with Crippen LogP contribution in [0.15, 0.2) is 30.3 Å². The highest BCUT2D eigenvalue weighted by molar-refractivity contribution is 5.79. The number of rotatable bonds is 3. The van der Waals surface area contributed by atoms with Gasteiger partial charge in [-0.3, -0.25) is 9.69 Å². The fraction of sp³-hybridized carbons (Fsp3) is 0.632. The maximum absolute atomic E-state index is 12.7. The van der Waals surface area contributed by atoms with E-state index in [1.807, 2.05) is 0 Å². The van der Waals surface area contributed by atoms with Crippen LogP contribution in [0.25, 0.3) is 0 Å². The summed E-state index contributed by atoms with van der Waals surface area (Å²) in [5.74, 6) is 0.746. The molecule has 0 N–H and O–H groups in total. The van der Waals surface area contributed by atoms with Crippen molar-refractivity contribution in [3.05, 3.63) is 35.9 Å². The first-order valence-electron chi connectivity index (χ1n) is 8.88. The van der Waals surface area contributed by atoms with Crippen LogP contribution in [-0.4, -0.2) is 41.9 Å². The minimum atomic E-state index is 0.314. The number of nitrogens with zero attached hydrogens (tertiary/aromatic N) is 2. The SMILES string of the molecule is O=C(C1CCCCC1)N1CCCN(Cc2ccccc2)CC1. The molecule has 0 atom stereocenters. The van der Waals surface area contributed by atoms with Gasteiger partial charge in [-0.1, -0.05) is 49.6 Å². The second kappa shape index (κ2) is 7.77. The third-order valence-corrected chi connectivity index (χ3v) is 5.10. The van der Waals surface area contributed by atoms with Crippen LogP contribution in [0.1, 0.15) is 44.1 Å². The molecule has 1 heterocycles. The molecule has 1 saturated carbocycles. The third kappa shape index (κ3) is 4.10. The smallest absolute Gasteiger partial charge is 0.225 e. The Labute approximate surface area is 134 Å². The van der Waals surface area contributed by atoms with Gasteiger partial charge in [-0.25, -0.2) is 0 Å². The highest BCUT2D eigenvalue weighted by Crippen LogP contribution is 2.25. The van der Waals surface area contributed by atoms with Gasteiger partial charge in [0.05, 0.1) is 0 Å². The summed E-state index contributed by atoms with van der Waals surface area (Å²) < 4.78 is 0. The van der Waals surface area contributed by atoms with Crippen molar-refractivity contribution in [2.45, 2.75) is 45.1 Å². The normalized spacial score (nSPS) is 21.5. The first-order chi connectivity index (χ1) is 10.8. The summed E-state index contributed by atoms with van der Waals surface area (Å²) in [6.07, 6.45) is 7.13. The van der Waals surface area contributed by atoms with E-state index in [2.05, 4.69) is 40.1 Å². The van der Waals surface area contributed by atoms with Crippen molar-refractivity contribution in [1.82, 2.24) is 9.80 Å². The van der Waals surface area contributed by atoms with Crippen molar-refractivity contribution in [2.75, 3.05) is 26.2 Å². The Morgan fingerprint density at radius 2 is 1.68 bits per heavy atom. The standard InChI is InChI=1S/C19H28N2O/c22-19(18-10-5-2-6-11-18)21-13-7-12-20(14-15-21)16-17-8-3-1-4-9-17/h1,3-4,8-9,18H,2,5-7,10-16H2. The molecule has 3 heteroatoms. The topological polar surface area (TPSA) is 23.6 Å². The molecule has 0 spiro atoms. The van der Waals surface area contributed by atoms with E-state index in [4.69, 9.17) is 0 Å². The predicted octanol–water partition coefficient (Wildman–Crippen LogP) is 3.30. The van der Waals surface area contributed by atoms with Crippen LogP contribution in [0, 0.1) is 5.92 Å². The van der Waals surface area contributed by atoms with Crippen molar-refractivity contribution in [1.29, 1.82) is 0 Å². The molecule has 0 radical (unpaired) electrons. The van der Waals surface area contributed by atoms with Gasteiger partial charge in [0, 0.05) is 38.6 Å². The van der Waals surface area contributed by atoms with Crippen LogP contribution in [0.2, 0.25) is 0 Å². The molecular weight excluding hydrogens is 272 g/mol. The van der Waals surface area contributed by atoms with Gasteiger partial charge in [0.25, 0.3) is 0 Å². The first-order valence-corrected chi connectivity index (χ1v) is 8.88. The maximum atomic E-state index is 12.7. The zero-order chi connectivity index (χ0) is 15.2. The van der Waals surface area contributed by atoms with E-state index in [0.29, 0.717) is 11.8 Å². The lowest BCUT2D eigenvalue weighted by atomic mass is 9.88. The largest absolute Gasteiger partial charge is 0.341 e. The van der Waals surface area contributed by atoms with E-state index in [0.717, 1.165) is 52.0 Å². The molecule has 0 unspecified atom stereocenters. The average Bonchev–Trinajstić information content (AvgIpc) is 2.82. The zero-order valence-electron chi connectivity index (χ0n) is 13.5. The van der Waals surface area contributed by atoms with Gasteiger partial charge in [0.1, 0.15) is 0 Å². The highest BCUT2D eigenvalue weighted by atomic mass is 16.2. The Kier molecular flexibility index (Phi) is 5.49. The van der Waals surface area contributed by atoms with E-state index in [9.17, 15) is 4.79 Å². The fourth-order valence-electron chi connectivity index (χ4n) is 3.80. The number of hydrogen-bond acceptors (Lipinski definition) is 2. The molecule has 3 nitrogen and oxygen atoms in total. The third-order valence-electron chi connectivity index (χ3n) is 5.10. The lowest BCUT2D eigenvalue weighted by Crippen LogP contribution is -2.39. The number of carbonyl (C=O) groups excluding carboxylic acids is 1. The van der Waals surface area contributed by atoms with Gasteiger partial charge in [-0.15, -0.1) is 0 Å². The molecule has 0 bridgehead atoms. The molecule has 3 rings (SSSR count). The van der Waals surface area contributed by atoms with Crippen LogP contribution in [-0.2, 0) is 11.3 Å².